The first-order valence-corrected chi connectivity index (χ1v) is 8.54. The number of fused-ring (bicyclic) bond motifs is 1. The fourth-order valence-electron chi connectivity index (χ4n) is 2.87. The third-order valence-electron chi connectivity index (χ3n) is 4.10. The van der Waals surface area contributed by atoms with E-state index in [0.29, 0.717) is 12.1 Å². The van der Waals surface area contributed by atoms with Crippen molar-refractivity contribution in [2.45, 2.75) is 45.8 Å². The quantitative estimate of drug-likeness (QED) is 0.932. The molecule has 0 radical (unpaired) electrons. The van der Waals surface area contributed by atoms with E-state index >= 15 is 0 Å². The van der Waals surface area contributed by atoms with Crippen LogP contribution < -0.4 is 10.2 Å². The summed E-state index contributed by atoms with van der Waals surface area (Å²) in [5, 5.41) is 5.68. The Kier molecular flexibility index (Phi) is 4.27. The van der Waals surface area contributed by atoms with Crippen LogP contribution in [0.3, 0.4) is 0 Å². The molecule has 3 heterocycles. The summed E-state index contributed by atoms with van der Waals surface area (Å²) in [6, 6.07) is 7.51. The molecule has 112 valence electrons. The molecule has 0 spiro atoms. The highest BCUT2D eigenvalue weighted by atomic mass is 32.1. The van der Waals surface area contributed by atoms with Crippen molar-refractivity contribution in [3.05, 3.63) is 45.8 Å². The van der Waals surface area contributed by atoms with Crippen molar-refractivity contribution >= 4 is 17.2 Å². The lowest BCUT2D eigenvalue weighted by atomic mass is 10.0. The molecule has 2 aromatic rings. The highest BCUT2D eigenvalue weighted by Gasteiger charge is 2.25. The number of rotatable bonds is 4. The second-order valence-corrected chi connectivity index (χ2v) is 6.98. The maximum atomic E-state index is 4.60. The van der Waals surface area contributed by atoms with Gasteiger partial charge in [0.2, 0.25) is 0 Å². The van der Waals surface area contributed by atoms with Crippen LogP contribution in [0.4, 0.5) is 5.82 Å². The highest BCUT2D eigenvalue weighted by molar-refractivity contribution is 7.10. The minimum Gasteiger partial charge on any atom is -0.349 e. The van der Waals surface area contributed by atoms with E-state index in [1.807, 2.05) is 17.5 Å². The zero-order valence-corrected chi connectivity index (χ0v) is 13.8. The van der Waals surface area contributed by atoms with Gasteiger partial charge in [0, 0.05) is 30.2 Å². The normalized spacial score (nSPS) is 18.1. The van der Waals surface area contributed by atoms with E-state index in [1.54, 1.807) is 0 Å². The maximum absolute atomic E-state index is 4.60. The van der Waals surface area contributed by atoms with Crippen molar-refractivity contribution in [1.29, 1.82) is 0 Å². The Hall–Kier alpha value is -1.39. The van der Waals surface area contributed by atoms with Gasteiger partial charge in [-0.1, -0.05) is 13.8 Å². The maximum Gasteiger partial charge on any atom is 0.129 e. The van der Waals surface area contributed by atoms with E-state index in [1.165, 1.54) is 16.0 Å². The van der Waals surface area contributed by atoms with Crippen molar-refractivity contribution < 1.29 is 0 Å². The van der Waals surface area contributed by atoms with Gasteiger partial charge in [-0.2, -0.15) is 0 Å². The van der Waals surface area contributed by atoms with Crippen LogP contribution in [-0.4, -0.2) is 17.6 Å². The molecule has 0 bridgehead atoms. The lowest BCUT2D eigenvalue weighted by Crippen LogP contribution is -2.33. The van der Waals surface area contributed by atoms with Crippen molar-refractivity contribution in [2.75, 3.05) is 11.4 Å². The summed E-state index contributed by atoms with van der Waals surface area (Å²) in [5.74, 6) is 1.10. The topological polar surface area (TPSA) is 28.2 Å². The second kappa shape index (κ2) is 6.16. The van der Waals surface area contributed by atoms with Gasteiger partial charge >= 0.3 is 0 Å². The Labute approximate surface area is 131 Å². The first kappa shape index (κ1) is 14.5. The number of hydrogen-bond donors (Lipinski definition) is 1. The standard InChI is InChI=1S/C17H23N3S/c1-12(2)19-11-14-4-7-18-17(10-14)20-8-5-16-15(13(20)3)6-9-21-16/h4,6-7,9-10,12-13,19H,5,8,11H2,1-3H3. The Morgan fingerprint density at radius 1 is 1.43 bits per heavy atom. The minimum atomic E-state index is 0.417. The van der Waals surface area contributed by atoms with E-state index in [4.69, 9.17) is 0 Å². The molecule has 4 heteroatoms. The zero-order valence-electron chi connectivity index (χ0n) is 13.0. The van der Waals surface area contributed by atoms with E-state index in [0.717, 1.165) is 25.3 Å². The number of nitrogens with zero attached hydrogens (tertiary/aromatic N) is 2. The lowest BCUT2D eigenvalue weighted by Gasteiger charge is -2.34. The molecule has 1 aliphatic heterocycles. The molecule has 0 saturated heterocycles. The number of pyridine rings is 1. The molecule has 0 fully saturated rings. The van der Waals surface area contributed by atoms with Crippen LogP contribution in [-0.2, 0) is 13.0 Å². The lowest BCUT2D eigenvalue weighted by molar-refractivity contribution is 0.587. The van der Waals surface area contributed by atoms with Crippen molar-refractivity contribution in [2.24, 2.45) is 0 Å². The number of thiophene rings is 1. The predicted octanol–water partition coefficient (Wildman–Crippen LogP) is 3.76. The van der Waals surface area contributed by atoms with Crippen LogP contribution >= 0.6 is 11.3 Å². The minimum absolute atomic E-state index is 0.417. The SMILES string of the molecule is CC(C)NCc1ccnc(N2CCc3sccc3C2C)c1. The Balaban J connectivity index is 1.79. The molecule has 1 N–H and O–H groups in total. The van der Waals surface area contributed by atoms with Gasteiger partial charge in [0.1, 0.15) is 5.82 Å². The van der Waals surface area contributed by atoms with Gasteiger partial charge in [-0.25, -0.2) is 4.98 Å². The first-order valence-electron chi connectivity index (χ1n) is 7.66. The number of hydrogen-bond acceptors (Lipinski definition) is 4. The van der Waals surface area contributed by atoms with Crippen molar-refractivity contribution in [3.63, 3.8) is 0 Å². The van der Waals surface area contributed by atoms with Gasteiger partial charge in [0.15, 0.2) is 0 Å². The third-order valence-corrected chi connectivity index (χ3v) is 5.09. The molecule has 0 aromatic carbocycles. The molecule has 1 unspecified atom stereocenters. The first-order chi connectivity index (χ1) is 10.1. The molecular weight excluding hydrogens is 278 g/mol. The molecule has 0 saturated carbocycles. The smallest absolute Gasteiger partial charge is 0.129 e. The van der Waals surface area contributed by atoms with E-state index in [9.17, 15) is 0 Å². The fourth-order valence-corrected chi connectivity index (χ4v) is 3.83. The summed E-state index contributed by atoms with van der Waals surface area (Å²) in [6.07, 6.45) is 3.07. The number of aromatic nitrogens is 1. The van der Waals surface area contributed by atoms with Gasteiger partial charge < -0.3 is 10.2 Å². The average Bonchev–Trinajstić information content (AvgIpc) is 2.95. The van der Waals surface area contributed by atoms with Gasteiger partial charge in [-0.3, -0.25) is 0 Å². The Morgan fingerprint density at radius 2 is 2.29 bits per heavy atom. The van der Waals surface area contributed by atoms with Crippen LogP contribution in [0.1, 0.15) is 42.8 Å². The summed E-state index contributed by atoms with van der Waals surface area (Å²) >= 11 is 1.88. The molecule has 3 nitrogen and oxygen atoms in total. The molecular formula is C17H23N3S. The Bertz CT molecular complexity index is 606. The highest BCUT2D eigenvalue weighted by Crippen LogP contribution is 2.35. The molecule has 21 heavy (non-hydrogen) atoms. The zero-order chi connectivity index (χ0) is 14.8. The number of nitrogens with one attached hydrogen (secondary N) is 1. The molecule has 1 aliphatic rings. The molecule has 3 rings (SSSR count). The second-order valence-electron chi connectivity index (χ2n) is 5.98. The summed E-state index contributed by atoms with van der Waals surface area (Å²) in [4.78, 5) is 8.56. The largest absolute Gasteiger partial charge is 0.349 e. The fraction of sp³-hybridized carbons (Fsp3) is 0.471. The molecule has 2 aromatic heterocycles. The molecule has 0 amide bonds. The van der Waals surface area contributed by atoms with Crippen LogP contribution in [0.5, 0.6) is 0 Å². The predicted molar refractivity (Wildman–Crippen MR) is 90.0 cm³/mol. The summed E-state index contributed by atoms with van der Waals surface area (Å²) in [7, 11) is 0. The van der Waals surface area contributed by atoms with E-state index < -0.39 is 0 Å². The van der Waals surface area contributed by atoms with Crippen molar-refractivity contribution in [1.82, 2.24) is 10.3 Å². The van der Waals surface area contributed by atoms with Crippen LogP contribution in [0.15, 0.2) is 29.8 Å². The van der Waals surface area contributed by atoms with Gasteiger partial charge in [0.05, 0.1) is 6.04 Å². The van der Waals surface area contributed by atoms with Crippen LogP contribution in [0.2, 0.25) is 0 Å². The molecule has 1 atom stereocenters. The van der Waals surface area contributed by atoms with Gasteiger partial charge in [-0.05, 0) is 48.1 Å². The number of anilines is 1. The van der Waals surface area contributed by atoms with Crippen molar-refractivity contribution in [3.8, 4) is 0 Å². The Morgan fingerprint density at radius 3 is 3.10 bits per heavy atom. The summed E-state index contributed by atoms with van der Waals surface area (Å²) < 4.78 is 0. The van der Waals surface area contributed by atoms with Crippen LogP contribution in [0, 0.1) is 0 Å². The summed E-state index contributed by atoms with van der Waals surface area (Å²) in [6.45, 7) is 8.59. The monoisotopic (exact) mass is 301 g/mol. The van der Waals surface area contributed by atoms with Gasteiger partial charge in [-0.15, -0.1) is 11.3 Å². The molecule has 0 aliphatic carbocycles. The van der Waals surface area contributed by atoms with Crippen LogP contribution in [0.25, 0.3) is 0 Å². The van der Waals surface area contributed by atoms with E-state index in [-0.39, 0.29) is 0 Å². The summed E-state index contributed by atoms with van der Waals surface area (Å²) in [5.41, 5.74) is 2.77. The van der Waals surface area contributed by atoms with Gasteiger partial charge in [0.25, 0.3) is 0 Å². The average molecular weight is 301 g/mol. The third kappa shape index (κ3) is 3.11. The van der Waals surface area contributed by atoms with E-state index in [2.05, 4.69) is 59.6 Å².